The van der Waals surface area contributed by atoms with Gasteiger partial charge in [0.2, 0.25) is 5.88 Å². The van der Waals surface area contributed by atoms with E-state index >= 15 is 0 Å². The van der Waals surface area contributed by atoms with Gasteiger partial charge in [0.15, 0.2) is 5.82 Å². The fraction of sp³-hybridized carbons (Fsp3) is 0.259. The van der Waals surface area contributed by atoms with Gasteiger partial charge in [-0.15, -0.1) is 0 Å². The molecule has 4 rings (SSSR count). The van der Waals surface area contributed by atoms with Crippen LogP contribution in [0.15, 0.2) is 88.8 Å². The minimum Gasteiger partial charge on any atom is -0.445 e. The van der Waals surface area contributed by atoms with Crippen molar-refractivity contribution in [1.29, 1.82) is 5.26 Å². The third kappa shape index (κ3) is 4.11. The summed E-state index contributed by atoms with van der Waals surface area (Å²) in [4.78, 5) is 13.5. The molecule has 0 amide bonds. The topological polar surface area (TPSA) is 102 Å². The first-order valence-electron chi connectivity index (χ1n) is 11.1. The number of hydrogen-bond donors (Lipinski definition) is 1. The van der Waals surface area contributed by atoms with Crippen molar-refractivity contribution < 1.29 is 4.74 Å². The average Bonchev–Trinajstić information content (AvgIpc) is 3.30. The summed E-state index contributed by atoms with van der Waals surface area (Å²) in [6, 6.07) is 16.1. The number of imidazole rings is 1. The van der Waals surface area contributed by atoms with E-state index in [1.807, 2.05) is 60.2 Å². The lowest BCUT2D eigenvalue weighted by molar-refractivity contribution is 0.283. The van der Waals surface area contributed by atoms with E-state index in [4.69, 9.17) is 10.5 Å². The highest BCUT2D eigenvalue weighted by Gasteiger charge is 2.37. The second-order valence-corrected chi connectivity index (χ2v) is 9.14. The summed E-state index contributed by atoms with van der Waals surface area (Å²) in [6.45, 7) is 8.17. The van der Waals surface area contributed by atoms with E-state index in [0.29, 0.717) is 11.3 Å². The fourth-order valence-electron chi connectivity index (χ4n) is 4.40. The molecule has 0 radical (unpaired) electrons. The van der Waals surface area contributed by atoms with E-state index in [9.17, 15) is 5.26 Å². The maximum Gasteiger partial charge on any atom is 0.205 e. The number of aromatic nitrogens is 3. The summed E-state index contributed by atoms with van der Waals surface area (Å²) >= 11 is 0. The first-order valence-corrected chi connectivity index (χ1v) is 11.1. The molecule has 0 bridgehead atoms. The van der Waals surface area contributed by atoms with Crippen LogP contribution in [0.5, 0.6) is 0 Å². The van der Waals surface area contributed by atoms with Crippen molar-refractivity contribution in [2.75, 3.05) is 7.05 Å². The van der Waals surface area contributed by atoms with Crippen molar-refractivity contribution in [1.82, 2.24) is 14.5 Å². The zero-order valence-electron chi connectivity index (χ0n) is 20.1. The molecule has 7 nitrogen and oxygen atoms in total. The van der Waals surface area contributed by atoms with Gasteiger partial charge in [0.05, 0.1) is 5.92 Å². The third-order valence-corrected chi connectivity index (χ3v) is 5.83. The summed E-state index contributed by atoms with van der Waals surface area (Å²) < 4.78 is 7.78. The van der Waals surface area contributed by atoms with Gasteiger partial charge in [-0.1, -0.05) is 39.0 Å². The maximum absolute atomic E-state index is 9.97. The van der Waals surface area contributed by atoms with Gasteiger partial charge in [-0.25, -0.2) is 4.98 Å². The van der Waals surface area contributed by atoms with Crippen LogP contribution in [0, 0.1) is 16.7 Å². The molecule has 0 saturated heterocycles. The summed E-state index contributed by atoms with van der Waals surface area (Å²) in [5.74, 6) is 1.18. The van der Waals surface area contributed by atoms with Crippen molar-refractivity contribution in [2.45, 2.75) is 33.6 Å². The van der Waals surface area contributed by atoms with Crippen LogP contribution < -0.4 is 5.73 Å². The molecule has 0 saturated carbocycles. The Morgan fingerprint density at radius 1 is 1.12 bits per heavy atom. The van der Waals surface area contributed by atoms with Gasteiger partial charge in [-0.3, -0.25) is 14.5 Å². The number of allylic oxidation sites excluding steroid dienone is 3. The molecular weight excluding hydrogens is 424 g/mol. The Hall–Kier alpha value is -4.18. The third-order valence-electron chi connectivity index (χ3n) is 5.83. The molecule has 1 atom stereocenters. The predicted molar refractivity (Wildman–Crippen MR) is 133 cm³/mol. The second kappa shape index (κ2) is 8.99. The molecule has 2 aromatic heterocycles. The number of ether oxygens (including phenoxy) is 1. The van der Waals surface area contributed by atoms with Crippen LogP contribution in [0.25, 0.3) is 17.2 Å². The number of nitrogens with zero attached hydrogens (tertiary/aromatic N) is 5. The molecule has 7 heteroatoms. The lowest BCUT2D eigenvalue weighted by Crippen LogP contribution is -2.31. The molecule has 172 valence electrons. The minimum atomic E-state index is -0.372. The van der Waals surface area contributed by atoms with Crippen molar-refractivity contribution in [3.63, 3.8) is 0 Å². The van der Waals surface area contributed by atoms with Crippen LogP contribution >= 0.6 is 0 Å². The molecule has 1 aliphatic heterocycles. The number of rotatable bonds is 4. The van der Waals surface area contributed by atoms with Crippen LogP contribution in [0.2, 0.25) is 0 Å². The Balaban J connectivity index is 1.80. The highest BCUT2D eigenvalue weighted by molar-refractivity contribution is 6.06. The minimum absolute atomic E-state index is 0.134. The van der Waals surface area contributed by atoms with Gasteiger partial charge in [-0.2, -0.15) is 5.26 Å². The molecule has 0 fully saturated rings. The van der Waals surface area contributed by atoms with E-state index in [-0.39, 0.29) is 17.2 Å². The number of benzene rings is 1. The van der Waals surface area contributed by atoms with Gasteiger partial charge in [0, 0.05) is 48.0 Å². The highest BCUT2D eigenvalue weighted by atomic mass is 16.5. The van der Waals surface area contributed by atoms with E-state index in [0.717, 1.165) is 34.1 Å². The number of nitriles is 1. The van der Waals surface area contributed by atoms with Crippen molar-refractivity contribution in [2.24, 2.45) is 16.1 Å². The summed E-state index contributed by atoms with van der Waals surface area (Å²) in [5, 5.41) is 9.97. The molecular formula is C27H28N6O. The summed E-state index contributed by atoms with van der Waals surface area (Å²) in [6.07, 6.45) is 5.41. The van der Waals surface area contributed by atoms with E-state index < -0.39 is 0 Å². The van der Waals surface area contributed by atoms with Gasteiger partial charge in [0.25, 0.3) is 0 Å². The molecule has 1 aliphatic rings. The molecule has 2 N–H and O–H groups in total. The summed E-state index contributed by atoms with van der Waals surface area (Å²) in [5.41, 5.74) is 10.7. The Morgan fingerprint density at radius 2 is 1.85 bits per heavy atom. The molecule has 3 heterocycles. The van der Waals surface area contributed by atoms with Crippen molar-refractivity contribution in [3.05, 3.63) is 89.4 Å². The highest BCUT2D eigenvalue weighted by Crippen LogP contribution is 2.42. The zero-order chi connectivity index (χ0) is 24.5. The van der Waals surface area contributed by atoms with Crippen LogP contribution in [0.1, 0.15) is 39.2 Å². The Bertz CT molecular complexity index is 1330. The molecule has 0 aliphatic carbocycles. The number of aliphatic imine (C=N–C) groups is 1. The normalized spacial score (nSPS) is 16.9. The largest absolute Gasteiger partial charge is 0.445 e. The van der Waals surface area contributed by atoms with E-state index in [1.165, 1.54) is 0 Å². The monoisotopic (exact) mass is 452 g/mol. The predicted octanol–water partition coefficient (Wildman–Crippen LogP) is 5.13. The van der Waals surface area contributed by atoms with Gasteiger partial charge >= 0.3 is 0 Å². The Kier molecular flexibility index (Phi) is 6.08. The number of hydrogen-bond acceptors (Lipinski definition) is 6. The molecule has 3 aromatic rings. The lowest BCUT2D eigenvalue weighted by Gasteiger charge is -2.33. The van der Waals surface area contributed by atoms with Crippen LogP contribution in [-0.4, -0.2) is 27.3 Å². The maximum atomic E-state index is 9.97. The number of nitrogens with two attached hydrogens (primary N) is 1. The zero-order valence-corrected chi connectivity index (χ0v) is 20.1. The lowest BCUT2D eigenvalue weighted by atomic mass is 9.74. The summed E-state index contributed by atoms with van der Waals surface area (Å²) in [7, 11) is 1.77. The molecule has 1 aromatic carbocycles. The fourth-order valence-corrected chi connectivity index (χ4v) is 4.40. The van der Waals surface area contributed by atoms with E-state index in [2.05, 4.69) is 41.8 Å². The van der Waals surface area contributed by atoms with Crippen LogP contribution in [-0.2, 0) is 4.74 Å². The SMILES string of the molecule is CN=C(C1=C(C)OC(N)=C(C#N)C1c1ccc(-n2ccnc2-c2ccccn2)cc1)C(C)(C)C. The van der Waals surface area contributed by atoms with Gasteiger partial charge in [0.1, 0.15) is 23.1 Å². The molecule has 34 heavy (non-hydrogen) atoms. The standard InChI is InChI=1S/C27H28N6O/c1-17-22(24(30-5)27(2,3)4)23(20(16-28)25(29)34-17)18-9-11-19(12-10-18)33-15-14-32-26(33)21-8-6-7-13-31-21/h6-15,23H,29H2,1-5H3. The van der Waals surface area contributed by atoms with E-state index in [1.54, 1.807) is 19.4 Å². The molecule has 1 unspecified atom stereocenters. The first kappa shape index (κ1) is 23.0. The van der Waals surface area contributed by atoms with Gasteiger partial charge < -0.3 is 10.5 Å². The Labute approximate surface area is 200 Å². The van der Waals surface area contributed by atoms with Crippen molar-refractivity contribution in [3.8, 4) is 23.3 Å². The second-order valence-electron chi connectivity index (χ2n) is 9.14. The van der Waals surface area contributed by atoms with Crippen LogP contribution in [0.3, 0.4) is 0 Å². The Morgan fingerprint density at radius 3 is 2.44 bits per heavy atom. The van der Waals surface area contributed by atoms with Crippen LogP contribution in [0.4, 0.5) is 0 Å². The number of pyridine rings is 1. The van der Waals surface area contributed by atoms with Gasteiger partial charge in [-0.05, 0) is 36.8 Å². The average molecular weight is 453 g/mol. The quantitative estimate of drug-likeness (QED) is 0.553. The first-order chi connectivity index (χ1) is 16.3. The molecule has 0 spiro atoms. The smallest absolute Gasteiger partial charge is 0.205 e. The van der Waals surface area contributed by atoms with Crippen molar-refractivity contribution >= 4 is 5.71 Å².